The molecule has 0 rings (SSSR count). The highest BCUT2D eigenvalue weighted by Crippen LogP contribution is 1.73. The minimum atomic E-state index is -1.67. The minimum absolute atomic E-state index is 1.63. The molecule has 26 valence electrons. The Morgan fingerprint density at radius 2 is 2.00 bits per heavy atom. The molecule has 1 atom stereocenters. The molecule has 1 unspecified atom stereocenters. The standard InChI is InChI=1S/CH5ClOSi/c1-4(2)3/h3-4H,1H3. The monoisotopic (exact) mass is 96.0 g/mol. The summed E-state index contributed by atoms with van der Waals surface area (Å²) in [5, 5.41) is 0. The van der Waals surface area contributed by atoms with Gasteiger partial charge in [-0.1, -0.05) is 0 Å². The van der Waals surface area contributed by atoms with E-state index < -0.39 is 8.35 Å². The highest BCUT2D eigenvalue weighted by molar-refractivity contribution is 7.01. The Morgan fingerprint density at radius 3 is 2.00 bits per heavy atom. The van der Waals surface area contributed by atoms with Crippen LogP contribution in [0.3, 0.4) is 0 Å². The summed E-state index contributed by atoms with van der Waals surface area (Å²) in [6, 6.07) is 0. The van der Waals surface area contributed by atoms with Gasteiger partial charge in [0.1, 0.15) is 0 Å². The zero-order valence-corrected chi connectivity index (χ0v) is 4.31. The molecule has 3 heteroatoms. The summed E-state index contributed by atoms with van der Waals surface area (Å²) in [6.45, 7) is 1.63. The normalized spacial score (nSPS) is 15.8. The number of hydrogen-bond acceptors (Lipinski definition) is 1. The summed E-state index contributed by atoms with van der Waals surface area (Å²) in [5.41, 5.74) is 0. The molecule has 0 heterocycles. The molecular formula is CH5ClOSi. The molecule has 0 aliphatic heterocycles. The molecule has 0 aromatic carbocycles. The molecule has 1 nitrogen and oxygen atoms in total. The maximum atomic E-state index is 7.96. The van der Waals surface area contributed by atoms with Gasteiger partial charge in [0.15, 0.2) is 0 Å². The Balaban J connectivity index is 2.32. The van der Waals surface area contributed by atoms with Gasteiger partial charge < -0.3 is 4.80 Å². The van der Waals surface area contributed by atoms with Crippen molar-refractivity contribution in [2.75, 3.05) is 0 Å². The molecule has 4 heavy (non-hydrogen) atoms. The second kappa shape index (κ2) is 1.76. The van der Waals surface area contributed by atoms with Crippen LogP contribution >= 0.6 is 11.1 Å². The van der Waals surface area contributed by atoms with Crippen LogP contribution < -0.4 is 0 Å². The topological polar surface area (TPSA) is 20.2 Å². The van der Waals surface area contributed by atoms with Crippen LogP contribution in [0, 0.1) is 0 Å². The number of hydrogen-bond donors (Lipinski definition) is 1. The summed E-state index contributed by atoms with van der Waals surface area (Å²) >= 11 is 4.97. The van der Waals surface area contributed by atoms with Crippen LogP contribution in [0.2, 0.25) is 6.55 Å². The van der Waals surface area contributed by atoms with Crippen molar-refractivity contribution in [3.8, 4) is 0 Å². The highest BCUT2D eigenvalue weighted by atomic mass is 35.6. The van der Waals surface area contributed by atoms with Gasteiger partial charge in [-0.2, -0.15) is 0 Å². The third kappa shape index (κ3) is 24.4. The van der Waals surface area contributed by atoms with Gasteiger partial charge in [-0.15, -0.1) is 11.1 Å². The van der Waals surface area contributed by atoms with E-state index in [4.69, 9.17) is 15.9 Å². The van der Waals surface area contributed by atoms with E-state index >= 15 is 0 Å². The second-order valence-corrected chi connectivity index (χ2v) is 3.62. The lowest BCUT2D eigenvalue weighted by atomic mass is 11.9. The second-order valence-electron chi connectivity index (χ2n) is 0.574. The predicted octanol–water partition coefficient (Wildman–Crippen LogP) is 0.0678. The molecule has 1 N–H and O–H groups in total. The first-order valence-corrected chi connectivity index (χ1v) is 4.47. The van der Waals surface area contributed by atoms with Gasteiger partial charge in [-0.3, -0.25) is 0 Å². The van der Waals surface area contributed by atoms with Crippen molar-refractivity contribution in [1.82, 2.24) is 0 Å². The smallest absolute Gasteiger partial charge is 0.268 e. The van der Waals surface area contributed by atoms with Crippen LogP contribution in [-0.2, 0) is 0 Å². The van der Waals surface area contributed by atoms with Crippen molar-refractivity contribution in [3.63, 3.8) is 0 Å². The molecule has 0 spiro atoms. The molecule has 0 radical (unpaired) electrons. The fourth-order valence-corrected chi connectivity index (χ4v) is 0. The lowest BCUT2D eigenvalue weighted by molar-refractivity contribution is 0.601. The van der Waals surface area contributed by atoms with E-state index in [2.05, 4.69) is 0 Å². The zero-order valence-electron chi connectivity index (χ0n) is 2.40. The summed E-state index contributed by atoms with van der Waals surface area (Å²) in [5.74, 6) is 0. The van der Waals surface area contributed by atoms with Crippen molar-refractivity contribution in [2.24, 2.45) is 0 Å². The molecule has 0 aliphatic carbocycles. The molecule has 0 aromatic rings. The molecule has 0 fully saturated rings. The van der Waals surface area contributed by atoms with Crippen molar-refractivity contribution >= 4 is 19.4 Å². The Bertz CT molecular complexity index is 12.8. The summed E-state index contributed by atoms with van der Waals surface area (Å²) in [6.07, 6.45) is 0. The number of rotatable bonds is 0. The van der Waals surface area contributed by atoms with Gasteiger partial charge >= 0.3 is 0 Å². The lowest BCUT2D eigenvalue weighted by Crippen LogP contribution is -1.88. The van der Waals surface area contributed by atoms with E-state index in [1.807, 2.05) is 0 Å². The van der Waals surface area contributed by atoms with Gasteiger partial charge in [0, 0.05) is 0 Å². The Kier molecular flexibility index (Phi) is 1.96. The predicted molar refractivity (Wildman–Crippen MR) is 21.1 cm³/mol. The average Bonchev–Trinajstić information content (AvgIpc) is 0.811. The van der Waals surface area contributed by atoms with Gasteiger partial charge in [0.2, 0.25) is 0 Å². The Labute approximate surface area is 31.6 Å². The van der Waals surface area contributed by atoms with Crippen LogP contribution in [0.4, 0.5) is 0 Å². The van der Waals surface area contributed by atoms with E-state index in [1.54, 1.807) is 6.55 Å². The molecule has 0 saturated heterocycles. The summed E-state index contributed by atoms with van der Waals surface area (Å²) in [7, 11) is -1.67. The fourth-order valence-electron chi connectivity index (χ4n) is 0. The molecule has 0 amide bonds. The molecular weight excluding hydrogens is 91.5 g/mol. The van der Waals surface area contributed by atoms with E-state index in [1.165, 1.54) is 0 Å². The molecule has 0 aliphatic rings. The van der Waals surface area contributed by atoms with E-state index in [9.17, 15) is 0 Å². The zero-order chi connectivity index (χ0) is 3.58. The molecule has 0 aromatic heterocycles. The van der Waals surface area contributed by atoms with E-state index in [-0.39, 0.29) is 0 Å². The van der Waals surface area contributed by atoms with Crippen molar-refractivity contribution in [3.05, 3.63) is 0 Å². The van der Waals surface area contributed by atoms with Crippen LogP contribution in [0.25, 0.3) is 0 Å². The van der Waals surface area contributed by atoms with Gasteiger partial charge in [0.05, 0.1) is 0 Å². The van der Waals surface area contributed by atoms with E-state index in [0.29, 0.717) is 0 Å². The largest absolute Gasteiger partial charge is 0.422 e. The van der Waals surface area contributed by atoms with Crippen LogP contribution in [-0.4, -0.2) is 13.1 Å². The van der Waals surface area contributed by atoms with Crippen molar-refractivity contribution < 1.29 is 4.80 Å². The van der Waals surface area contributed by atoms with Crippen LogP contribution in [0.5, 0.6) is 0 Å². The Hall–Kier alpha value is 0.467. The first kappa shape index (κ1) is 4.47. The SMILES string of the molecule is C[SiH](O)Cl. The van der Waals surface area contributed by atoms with Gasteiger partial charge in [0.25, 0.3) is 8.35 Å². The maximum absolute atomic E-state index is 7.96. The molecule has 0 saturated carbocycles. The van der Waals surface area contributed by atoms with Gasteiger partial charge in [-0.25, -0.2) is 0 Å². The third-order valence-electron chi connectivity index (χ3n) is 0. The highest BCUT2D eigenvalue weighted by Gasteiger charge is 1.79. The fraction of sp³-hybridized carbons (Fsp3) is 1.00. The van der Waals surface area contributed by atoms with E-state index in [0.717, 1.165) is 0 Å². The minimum Gasteiger partial charge on any atom is -0.422 e. The summed E-state index contributed by atoms with van der Waals surface area (Å²) in [4.78, 5) is 7.96. The van der Waals surface area contributed by atoms with Crippen molar-refractivity contribution in [2.45, 2.75) is 6.55 Å². The first-order chi connectivity index (χ1) is 1.73. The van der Waals surface area contributed by atoms with Crippen LogP contribution in [0.1, 0.15) is 0 Å². The van der Waals surface area contributed by atoms with Crippen molar-refractivity contribution in [1.29, 1.82) is 0 Å². The maximum Gasteiger partial charge on any atom is 0.268 e. The lowest BCUT2D eigenvalue weighted by Gasteiger charge is -1.72. The van der Waals surface area contributed by atoms with Gasteiger partial charge in [-0.05, 0) is 6.55 Å². The summed E-state index contributed by atoms with van der Waals surface area (Å²) < 4.78 is 0. The van der Waals surface area contributed by atoms with Crippen LogP contribution in [0.15, 0.2) is 0 Å². The molecule has 0 bridgehead atoms. The third-order valence-corrected chi connectivity index (χ3v) is 0. The number of halogens is 1. The average molecular weight is 96.6 g/mol. The quantitative estimate of drug-likeness (QED) is 0.334. The first-order valence-electron chi connectivity index (χ1n) is 1.05. The Morgan fingerprint density at radius 1 is 2.00 bits per heavy atom.